The molecule has 1 unspecified atom stereocenters. The second-order valence-electron chi connectivity index (χ2n) is 7.36. The Labute approximate surface area is 209 Å². The minimum absolute atomic E-state index is 0.267. The smallest absolute Gasteiger partial charge is 0.338 e. The summed E-state index contributed by atoms with van der Waals surface area (Å²) in [7, 11) is 4.35. The number of halogens is 2. The third-order valence-corrected chi connectivity index (χ3v) is 7.11. The normalized spacial score (nSPS) is 15.6. The molecule has 0 aliphatic carbocycles. The number of hydrogen-bond donors (Lipinski definition) is 0. The van der Waals surface area contributed by atoms with Crippen LogP contribution in [0.25, 0.3) is 6.08 Å². The summed E-state index contributed by atoms with van der Waals surface area (Å²) in [5.74, 6) is 0.426. The van der Waals surface area contributed by atoms with E-state index in [1.807, 2.05) is 0 Å². The predicted molar refractivity (Wildman–Crippen MR) is 132 cm³/mol. The Hall–Kier alpha value is -3.07. The quantitative estimate of drug-likeness (QED) is 0.480. The van der Waals surface area contributed by atoms with Gasteiger partial charge in [-0.3, -0.25) is 9.36 Å². The Balaban J connectivity index is 1.98. The molecule has 1 aliphatic rings. The molecule has 4 rings (SSSR count). The molecule has 0 saturated heterocycles. The fourth-order valence-electron chi connectivity index (χ4n) is 3.78. The molecule has 2 heterocycles. The summed E-state index contributed by atoms with van der Waals surface area (Å²) in [5.41, 5.74) is 1.79. The van der Waals surface area contributed by atoms with Crippen LogP contribution in [-0.2, 0) is 9.53 Å². The number of allylic oxidation sites excluding steroid dienone is 1. The van der Waals surface area contributed by atoms with Gasteiger partial charge in [-0.05, 0) is 48.4 Å². The van der Waals surface area contributed by atoms with Crippen LogP contribution in [-0.4, -0.2) is 31.9 Å². The zero-order valence-electron chi connectivity index (χ0n) is 18.7. The van der Waals surface area contributed by atoms with Crippen molar-refractivity contribution in [2.45, 2.75) is 13.0 Å². The topological polar surface area (TPSA) is 79.1 Å². The highest BCUT2D eigenvalue weighted by Gasteiger charge is 2.33. The monoisotopic (exact) mass is 518 g/mol. The van der Waals surface area contributed by atoms with Crippen molar-refractivity contribution in [3.8, 4) is 11.5 Å². The average molecular weight is 519 g/mol. The summed E-state index contributed by atoms with van der Waals surface area (Å²) in [4.78, 5) is 31.4. The summed E-state index contributed by atoms with van der Waals surface area (Å²) < 4.78 is 17.7. The molecular weight excluding hydrogens is 499 g/mol. The first-order valence-electron chi connectivity index (χ1n) is 10.1. The van der Waals surface area contributed by atoms with Crippen molar-refractivity contribution in [2.75, 3.05) is 21.3 Å². The Bertz CT molecular complexity index is 1510. The number of fused-ring (bicyclic) bond motifs is 1. The van der Waals surface area contributed by atoms with Gasteiger partial charge in [-0.25, -0.2) is 9.79 Å². The van der Waals surface area contributed by atoms with Gasteiger partial charge in [-0.2, -0.15) is 0 Å². The van der Waals surface area contributed by atoms with Crippen LogP contribution < -0.4 is 24.4 Å². The van der Waals surface area contributed by atoms with Gasteiger partial charge >= 0.3 is 5.97 Å². The van der Waals surface area contributed by atoms with Gasteiger partial charge in [0.15, 0.2) is 16.3 Å². The Morgan fingerprint density at radius 1 is 1.06 bits per heavy atom. The van der Waals surface area contributed by atoms with E-state index in [4.69, 9.17) is 37.4 Å². The van der Waals surface area contributed by atoms with E-state index in [9.17, 15) is 9.59 Å². The molecule has 7 nitrogen and oxygen atoms in total. The van der Waals surface area contributed by atoms with Gasteiger partial charge in [0, 0.05) is 0 Å². The number of hydrogen-bond acceptors (Lipinski definition) is 7. The number of rotatable bonds is 5. The molecule has 0 bridgehead atoms. The van der Waals surface area contributed by atoms with Crippen molar-refractivity contribution < 1.29 is 19.0 Å². The number of carbonyl (C=O) groups excluding carboxylic acids is 1. The van der Waals surface area contributed by atoms with Gasteiger partial charge < -0.3 is 14.2 Å². The lowest BCUT2D eigenvalue weighted by Gasteiger charge is -2.25. The highest BCUT2D eigenvalue weighted by atomic mass is 35.5. The van der Waals surface area contributed by atoms with Crippen molar-refractivity contribution in [1.82, 2.24) is 4.57 Å². The molecule has 176 valence electrons. The molecule has 3 aromatic rings. The molecule has 0 spiro atoms. The van der Waals surface area contributed by atoms with Crippen molar-refractivity contribution in [2.24, 2.45) is 4.99 Å². The minimum atomic E-state index is -0.764. The zero-order chi connectivity index (χ0) is 24.6. The Morgan fingerprint density at radius 3 is 2.44 bits per heavy atom. The van der Waals surface area contributed by atoms with Crippen LogP contribution in [0.1, 0.15) is 24.1 Å². The number of esters is 1. The number of nitrogens with zero attached hydrogens (tertiary/aromatic N) is 2. The van der Waals surface area contributed by atoms with Crippen LogP contribution in [0.2, 0.25) is 10.0 Å². The SMILES string of the molecule is COC(=O)C1=C(C)N=c2s/c(=C\c3ccc(Cl)c(Cl)c3)c(=O)n2C1c1ccc(OC)c(OC)c1. The van der Waals surface area contributed by atoms with E-state index in [1.165, 1.54) is 37.2 Å². The highest BCUT2D eigenvalue weighted by molar-refractivity contribution is 7.07. The molecule has 0 amide bonds. The van der Waals surface area contributed by atoms with Crippen molar-refractivity contribution in [3.63, 3.8) is 0 Å². The van der Waals surface area contributed by atoms with Crippen LogP contribution >= 0.6 is 34.5 Å². The fourth-order valence-corrected chi connectivity index (χ4v) is 5.14. The number of ether oxygens (including phenoxy) is 3. The van der Waals surface area contributed by atoms with E-state index in [0.29, 0.717) is 47.7 Å². The lowest BCUT2D eigenvalue weighted by atomic mass is 9.95. The van der Waals surface area contributed by atoms with Crippen molar-refractivity contribution in [3.05, 3.63) is 88.5 Å². The van der Waals surface area contributed by atoms with E-state index in [0.717, 1.165) is 0 Å². The molecular formula is C24H20Cl2N2O5S. The first-order chi connectivity index (χ1) is 16.3. The van der Waals surface area contributed by atoms with E-state index >= 15 is 0 Å². The number of carbonyl (C=O) groups is 1. The molecule has 10 heteroatoms. The van der Waals surface area contributed by atoms with E-state index in [1.54, 1.807) is 49.4 Å². The molecule has 1 aliphatic heterocycles. The van der Waals surface area contributed by atoms with Gasteiger partial charge in [0.2, 0.25) is 0 Å². The van der Waals surface area contributed by atoms with Gasteiger partial charge in [0.05, 0.1) is 53.2 Å². The van der Waals surface area contributed by atoms with Gasteiger partial charge in [-0.1, -0.05) is 46.7 Å². The standard InChI is InChI=1S/C24H20Cl2N2O5S/c1-12-20(23(30)33-4)21(14-6-8-17(31-2)18(11-14)32-3)28-22(29)19(34-24(28)27-12)10-13-5-7-15(25)16(26)9-13/h5-11,21H,1-4H3/b19-10-. The van der Waals surface area contributed by atoms with E-state index in [-0.39, 0.29) is 11.1 Å². The highest BCUT2D eigenvalue weighted by Crippen LogP contribution is 2.36. The molecule has 0 N–H and O–H groups in total. The maximum Gasteiger partial charge on any atom is 0.338 e. The summed E-state index contributed by atoms with van der Waals surface area (Å²) in [5, 5.41) is 0.808. The van der Waals surface area contributed by atoms with Crippen LogP contribution in [0.5, 0.6) is 11.5 Å². The van der Waals surface area contributed by atoms with Crippen LogP contribution in [0.4, 0.5) is 0 Å². The minimum Gasteiger partial charge on any atom is -0.493 e. The molecule has 2 aromatic carbocycles. The fraction of sp³-hybridized carbons (Fsp3) is 0.208. The van der Waals surface area contributed by atoms with Crippen molar-refractivity contribution >= 4 is 46.6 Å². The molecule has 1 atom stereocenters. The van der Waals surface area contributed by atoms with Crippen LogP contribution in [0.15, 0.2) is 57.5 Å². The Kier molecular flexibility index (Phi) is 6.84. The summed E-state index contributed by atoms with van der Waals surface area (Å²) in [6.07, 6.45) is 1.72. The largest absolute Gasteiger partial charge is 0.493 e. The van der Waals surface area contributed by atoms with Crippen LogP contribution in [0.3, 0.4) is 0 Å². The molecule has 0 fully saturated rings. The number of aromatic nitrogens is 1. The number of benzene rings is 2. The van der Waals surface area contributed by atoms with E-state index < -0.39 is 12.0 Å². The lowest BCUT2D eigenvalue weighted by Crippen LogP contribution is -2.39. The van der Waals surface area contributed by atoms with Gasteiger partial charge in [-0.15, -0.1) is 0 Å². The maximum atomic E-state index is 13.6. The summed E-state index contributed by atoms with van der Waals surface area (Å²) in [6.45, 7) is 1.72. The first-order valence-corrected chi connectivity index (χ1v) is 11.6. The molecule has 34 heavy (non-hydrogen) atoms. The average Bonchev–Trinajstić information content (AvgIpc) is 3.13. The molecule has 1 aromatic heterocycles. The van der Waals surface area contributed by atoms with Crippen molar-refractivity contribution in [1.29, 1.82) is 0 Å². The third-order valence-electron chi connectivity index (χ3n) is 5.39. The lowest BCUT2D eigenvalue weighted by molar-refractivity contribution is -0.136. The molecule has 0 radical (unpaired) electrons. The maximum absolute atomic E-state index is 13.6. The van der Waals surface area contributed by atoms with Crippen LogP contribution in [0, 0.1) is 0 Å². The number of methoxy groups -OCH3 is 3. The molecule has 0 saturated carbocycles. The van der Waals surface area contributed by atoms with Gasteiger partial charge in [0.25, 0.3) is 5.56 Å². The zero-order valence-corrected chi connectivity index (χ0v) is 21.0. The summed E-state index contributed by atoms with van der Waals surface area (Å²) >= 11 is 13.4. The predicted octanol–water partition coefficient (Wildman–Crippen LogP) is 3.73. The third kappa shape index (κ3) is 4.24. The van der Waals surface area contributed by atoms with Gasteiger partial charge in [0.1, 0.15) is 0 Å². The Morgan fingerprint density at radius 2 is 1.79 bits per heavy atom. The second-order valence-corrected chi connectivity index (χ2v) is 9.18. The summed E-state index contributed by atoms with van der Waals surface area (Å²) in [6, 6.07) is 9.59. The van der Waals surface area contributed by atoms with E-state index in [2.05, 4.69) is 4.99 Å². The first kappa shape index (κ1) is 24.1. The number of thiazole rings is 1. The second kappa shape index (κ2) is 9.66.